The normalized spacial score (nSPS) is 37.5. The molecular weight excluding hydrogens is 687 g/mol. The molecule has 55 heavy (non-hydrogen) atoms. The minimum Gasteiger partial charge on any atom is -0.393 e. The summed E-state index contributed by atoms with van der Waals surface area (Å²) in [6, 6.07) is 0.874. The Balaban J connectivity index is 0.748. The summed E-state index contributed by atoms with van der Waals surface area (Å²) in [6.45, 7) is 11.5. The number of nitrogens with zero attached hydrogens (tertiary/aromatic N) is 4. The Morgan fingerprint density at radius 2 is 1.35 bits per heavy atom. The van der Waals surface area contributed by atoms with Gasteiger partial charge in [0.05, 0.1) is 6.10 Å². The SMILES string of the molecule is CC/C(=C(\C1CCC(O)CC1)C1CCC(N2CCC(CCN3CCN(C4CCC5C(=O)N([C@H]6CCC(=O)NC6=O)CC5C4)CC3)CC2)CC1)C1CCCCC1. The van der Waals surface area contributed by atoms with Gasteiger partial charge in [-0.3, -0.25) is 24.6 Å². The molecule has 4 aliphatic carbocycles. The smallest absolute Gasteiger partial charge is 0.249 e. The molecule has 8 fully saturated rings. The summed E-state index contributed by atoms with van der Waals surface area (Å²) in [5.41, 5.74) is 3.79. The van der Waals surface area contributed by atoms with Crippen LogP contribution in [0.2, 0.25) is 0 Å². The van der Waals surface area contributed by atoms with Gasteiger partial charge in [0.2, 0.25) is 17.7 Å². The fourth-order valence-corrected chi connectivity index (χ4v) is 13.4. The fourth-order valence-electron chi connectivity index (χ4n) is 13.4. The molecule has 3 amide bonds. The second-order valence-corrected chi connectivity index (χ2v) is 19.6. The minimum absolute atomic E-state index is 0.0576. The lowest BCUT2D eigenvalue weighted by molar-refractivity contribution is -0.144. The first-order valence-electron chi connectivity index (χ1n) is 23.6. The summed E-state index contributed by atoms with van der Waals surface area (Å²) in [5, 5.41) is 12.8. The molecule has 8 rings (SSSR count). The Morgan fingerprint density at radius 1 is 0.691 bits per heavy atom. The van der Waals surface area contributed by atoms with Crippen molar-refractivity contribution in [2.75, 3.05) is 52.4 Å². The molecule has 0 aromatic rings. The van der Waals surface area contributed by atoms with Crippen molar-refractivity contribution in [2.45, 2.75) is 172 Å². The number of piperazine rings is 1. The first-order valence-corrected chi connectivity index (χ1v) is 23.6. The highest BCUT2D eigenvalue weighted by atomic mass is 16.3. The summed E-state index contributed by atoms with van der Waals surface area (Å²) in [6.07, 6.45) is 26.3. The molecule has 3 unspecified atom stereocenters. The van der Waals surface area contributed by atoms with Gasteiger partial charge in [0.25, 0.3) is 0 Å². The van der Waals surface area contributed by atoms with Crippen molar-refractivity contribution in [3.8, 4) is 0 Å². The van der Waals surface area contributed by atoms with E-state index in [-0.39, 0.29) is 29.7 Å². The molecule has 0 aromatic carbocycles. The number of hydrogen-bond donors (Lipinski definition) is 2. The van der Waals surface area contributed by atoms with Crippen molar-refractivity contribution < 1.29 is 19.5 Å². The summed E-state index contributed by atoms with van der Waals surface area (Å²) in [4.78, 5) is 47.6. The van der Waals surface area contributed by atoms with E-state index in [9.17, 15) is 19.5 Å². The lowest BCUT2D eigenvalue weighted by Crippen LogP contribution is -2.53. The van der Waals surface area contributed by atoms with Crippen LogP contribution in [0.15, 0.2) is 11.1 Å². The number of imide groups is 1. The Morgan fingerprint density at radius 3 is 2.02 bits per heavy atom. The third kappa shape index (κ3) is 9.25. The van der Waals surface area contributed by atoms with E-state index in [1.165, 1.54) is 116 Å². The van der Waals surface area contributed by atoms with E-state index in [1.54, 1.807) is 0 Å². The summed E-state index contributed by atoms with van der Waals surface area (Å²) < 4.78 is 0. The molecule has 9 heteroatoms. The molecule has 4 aliphatic heterocycles. The van der Waals surface area contributed by atoms with E-state index >= 15 is 0 Å². The quantitative estimate of drug-likeness (QED) is 0.193. The molecule has 4 saturated carbocycles. The van der Waals surface area contributed by atoms with Gasteiger partial charge < -0.3 is 19.8 Å². The third-order valence-corrected chi connectivity index (χ3v) is 16.6. The van der Waals surface area contributed by atoms with E-state index < -0.39 is 6.04 Å². The second kappa shape index (κ2) is 18.4. The highest BCUT2D eigenvalue weighted by Crippen LogP contribution is 2.46. The molecule has 0 spiro atoms. The number of fused-ring (bicyclic) bond motifs is 1. The molecule has 8 aliphatic rings. The van der Waals surface area contributed by atoms with Gasteiger partial charge in [0, 0.05) is 57.1 Å². The maximum absolute atomic E-state index is 13.3. The van der Waals surface area contributed by atoms with Gasteiger partial charge in [0.15, 0.2) is 0 Å². The van der Waals surface area contributed by atoms with E-state index in [4.69, 9.17) is 0 Å². The number of rotatable bonds is 10. The minimum atomic E-state index is -0.464. The first-order chi connectivity index (χ1) is 26.8. The summed E-state index contributed by atoms with van der Waals surface area (Å²) in [5.74, 6) is 3.28. The monoisotopic (exact) mass is 762 g/mol. The van der Waals surface area contributed by atoms with Gasteiger partial charge >= 0.3 is 0 Å². The molecule has 4 atom stereocenters. The third-order valence-electron chi connectivity index (χ3n) is 16.6. The van der Waals surface area contributed by atoms with Crippen molar-refractivity contribution in [1.29, 1.82) is 0 Å². The van der Waals surface area contributed by atoms with Crippen LogP contribution in [-0.4, -0.2) is 119 Å². The molecule has 0 radical (unpaired) electrons. The van der Waals surface area contributed by atoms with Crippen LogP contribution in [0.4, 0.5) is 0 Å². The molecule has 2 N–H and O–H groups in total. The maximum atomic E-state index is 13.3. The van der Waals surface area contributed by atoms with Crippen LogP contribution in [0.25, 0.3) is 0 Å². The average molecular weight is 762 g/mol. The van der Waals surface area contributed by atoms with Crippen LogP contribution in [0.1, 0.15) is 148 Å². The largest absolute Gasteiger partial charge is 0.393 e. The highest BCUT2D eigenvalue weighted by molar-refractivity contribution is 6.02. The Bertz CT molecular complexity index is 1350. The molecule has 4 heterocycles. The van der Waals surface area contributed by atoms with Crippen molar-refractivity contribution in [3.63, 3.8) is 0 Å². The van der Waals surface area contributed by atoms with Crippen LogP contribution >= 0.6 is 0 Å². The van der Waals surface area contributed by atoms with E-state index in [1.807, 2.05) is 16.0 Å². The number of aliphatic hydroxyl groups is 1. The fraction of sp³-hybridized carbons (Fsp3) is 0.891. The molecule has 4 saturated heterocycles. The van der Waals surface area contributed by atoms with Gasteiger partial charge in [-0.15, -0.1) is 0 Å². The molecule has 0 bridgehead atoms. The highest BCUT2D eigenvalue weighted by Gasteiger charge is 2.49. The van der Waals surface area contributed by atoms with Crippen LogP contribution < -0.4 is 5.32 Å². The van der Waals surface area contributed by atoms with Gasteiger partial charge in [-0.25, -0.2) is 0 Å². The number of piperidine rings is 2. The number of carbonyl (C=O) groups excluding carboxylic acids is 3. The average Bonchev–Trinajstić information content (AvgIpc) is 3.55. The van der Waals surface area contributed by atoms with Crippen LogP contribution in [0.3, 0.4) is 0 Å². The number of hydrogen-bond acceptors (Lipinski definition) is 7. The van der Waals surface area contributed by atoms with Crippen molar-refractivity contribution in [1.82, 2.24) is 24.9 Å². The lowest BCUT2D eigenvalue weighted by Gasteiger charge is -2.44. The van der Waals surface area contributed by atoms with Gasteiger partial charge in [-0.2, -0.15) is 0 Å². The molecule has 9 nitrogen and oxygen atoms in total. The Hall–Kier alpha value is -1.81. The zero-order valence-corrected chi connectivity index (χ0v) is 34.4. The second-order valence-electron chi connectivity index (χ2n) is 19.6. The Labute approximate surface area is 332 Å². The van der Waals surface area contributed by atoms with Crippen LogP contribution in [0, 0.1) is 35.5 Å². The van der Waals surface area contributed by atoms with Gasteiger partial charge in [0.1, 0.15) is 6.04 Å². The van der Waals surface area contributed by atoms with Crippen molar-refractivity contribution in [3.05, 3.63) is 11.1 Å². The molecular formula is C46H75N5O4. The number of amides is 3. The van der Waals surface area contributed by atoms with E-state index in [0.29, 0.717) is 31.3 Å². The lowest BCUT2D eigenvalue weighted by atomic mass is 9.67. The number of aliphatic hydroxyl groups excluding tert-OH is 1. The number of allylic oxidation sites excluding steroid dienone is 2. The first kappa shape index (κ1) is 40.0. The van der Waals surface area contributed by atoms with Crippen molar-refractivity contribution >= 4 is 17.7 Å². The predicted octanol–water partition coefficient (Wildman–Crippen LogP) is 6.54. The maximum Gasteiger partial charge on any atom is 0.249 e. The molecule has 0 aromatic heterocycles. The van der Waals surface area contributed by atoms with E-state index in [2.05, 4.69) is 26.9 Å². The summed E-state index contributed by atoms with van der Waals surface area (Å²) in [7, 11) is 0. The van der Waals surface area contributed by atoms with Crippen LogP contribution in [-0.2, 0) is 14.4 Å². The van der Waals surface area contributed by atoms with Crippen molar-refractivity contribution in [2.24, 2.45) is 35.5 Å². The summed E-state index contributed by atoms with van der Waals surface area (Å²) >= 11 is 0. The zero-order valence-electron chi connectivity index (χ0n) is 34.4. The number of likely N-dealkylation sites (tertiary alicyclic amines) is 2. The van der Waals surface area contributed by atoms with Gasteiger partial charge in [-0.05, 0) is 165 Å². The number of nitrogens with one attached hydrogen (secondary N) is 1. The van der Waals surface area contributed by atoms with Gasteiger partial charge in [-0.1, -0.05) is 37.3 Å². The topological polar surface area (TPSA) is 96.4 Å². The Kier molecular flexibility index (Phi) is 13.4. The standard InChI is InChI=1S/C46H75N5O4/c1-2-40(33-6-4-3-5-7-33)44(35-10-15-39(52)16-11-35)34-8-12-37(13-9-34)49-24-21-32(22-25-49)20-23-48-26-28-50(29-27-48)38-14-17-41-36(30-38)31-51(46(41)55)42-18-19-43(53)47-45(42)54/h32-39,41-42,52H,2-31H2,1H3,(H,47,53,54)/b44-40+/t34?,35?,36?,37?,38?,39?,41?,42-/m0/s1. The molecule has 308 valence electrons. The zero-order chi connectivity index (χ0) is 37.9. The van der Waals surface area contributed by atoms with Crippen LogP contribution in [0.5, 0.6) is 0 Å². The predicted molar refractivity (Wildman–Crippen MR) is 217 cm³/mol. The van der Waals surface area contributed by atoms with E-state index in [0.717, 1.165) is 88.0 Å². The number of carbonyl (C=O) groups is 3.